The number of hydrogen-bond donors (Lipinski definition) is 0. The highest BCUT2D eigenvalue weighted by Crippen LogP contribution is 2.22. The molecule has 3 heterocycles. The van der Waals surface area contributed by atoms with E-state index < -0.39 is 0 Å². The molecule has 0 spiro atoms. The Kier molecular flexibility index (Phi) is 3.33. The van der Waals surface area contributed by atoms with Crippen LogP contribution in [0.5, 0.6) is 0 Å². The van der Waals surface area contributed by atoms with Crippen molar-refractivity contribution in [1.29, 1.82) is 0 Å². The molecule has 0 fully saturated rings. The van der Waals surface area contributed by atoms with Gasteiger partial charge in [-0.15, -0.1) is 0 Å². The first kappa shape index (κ1) is 14.8. The standard InChI is InChI=1S/C18H17FN4O/c1-11-3-4-13(8-15(11)19)18(24)22-6-5-16-14(10-22)9-20-17-7-12(2)21-23(16)17/h3-4,7-9H,5-6,10H2,1-2H3. The minimum Gasteiger partial charge on any atom is -0.334 e. The zero-order valence-electron chi connectivity index (χ0n) is 13.6. The van der Waals surface area contributed by atoms with Crippen LogP contribution < -0.4 is 0 Å². The summed E-state index contributed by atoms with van der Waals surface area (Å²) >= 11 is 0. The monoisotopic (exact) mass is 324 g/mol. The summed E-state index contributed by atoms with van der Waals surface area (Å²) < 4.78 is 15.6. The molecule has 6 heteroatoms. The minimum absolute atomic E-state index is 0.156. The predicted octanol–water partition coefficient (Wildman–Crippen LogP) is 2.68. The zero-order chi connectivity index (χ0) is 16.8. The van der Waals surface area contributed by atoms with E-state index in [2.05, 4.69) is 10.1 Å². The summed E-state index contributed by atoms with van der Waals surface area (Å²) in [4.78, 5) is 18.8. The molecule has 0 N–H and O–H groups in total. The summed E-state index contributed by atoms with van der Waals surface area (Å²) in [6, 6.07) is 6.56. The number of rotatable bonds is 1. The van der Waals surface area contributed by atoms with Gasteiger partial charge in [-0.1, -0.05) is 6.07 Å². The van der Waals surface area contributed by atoms with E-state index >= 15 is 0 Å². The van der Waals surface area contributed by atoms with E-state index in [1.54, 1.807) is 30.2 Å². The Morgan fingerprint density at radius 2 is 2.08 bits per heavy atom. The van der Waals surface area contributed by atoms with Gasteiger partial charge in [-0.2, -0.15) is 5.10 Å². The first-order valence-corrected chi connectivity index (χ1v) is 7.91. The quantitative estimate of drug-likeness (QED) is 0.691. The summed E-state index contributed by atoms with van der Waals surface area (Å²) in [6.45, 7) is 4.67. The van der Waals surface area contributed by atoms with Crippen LogP contribution in [0.2, 0.25) is 0 Å². The van der Waals surface area contributed by atoms with Gasteiger partial charge in [0.2, 0.25) is 0 Å². The number of carbonyl (C=O) groups excluding carboxylic acids is 1. The Bertz CT molecular complexity index is 963. The highest BCUT2D eigenvalue weighted by Gasteiger charge is 2.24. The maximum Gasteiger partial charge on any atom is 0.254 e. The Hall–Kier alpha value is -2.76. The molecule has 0 atom stereocenters. The SMILES string of the molecule is Cc1cc2ncc3c(n2n1)CCN(C(=O)c1ccc(C)c(F)c1)C3. The molecule has 1 amide bonds. The van der Waals surface area contributed by atoms with Gasteiger partial charge >= 0.3 is 0 Å². The van der Waals surface area contributed by atoms with Crippen LogP contribution in [-0.2, 0) is 13.0 Å². The van der Waals surface area contributed by atoms with Crippen LogP contribution in [0.1, 0.15) is 32.9 Å². The number of amides is 1. The highest BCUT2D eigenvalue weighted by atomic mass is 19.1. The number of halogens is 1. The number of nitrogens with zero attached hydrogens (tertiary/aromatic N) is 4. The fraction of sp³-hybridized carbons (Fsp3) is 0.278. The normalized spacial score (nSPS) is 14.0. The fourth-order valence-corrected chi connectivity index (χ4v) is 3.14. The van der Waals surface area contributed by atoms with Gasteiger partial charge in [-0.3, -0.25) is 4.79 Å². The van der Waals surface area contributed by atoms with Crippen LogP contribution in [0.25, 0.3) is 5.65 Å². The Morgan fingerprint density at radius 3 is 2.88 bits per heavy atom. The lowest BCUT2D eigenvalue weighted by Crippen LogP contribution is -2.37. The van der Waals surface area contributed by atoms with Crippen LogP contribution in [0.3, 0.4) is 0 Å². The molecule has 0 radical (unpaired) electrons. The number of aromatic nitrogens is 3. The molecule has 4 rings (SSSR count). The van der Waals surface area contributed by atoms with Crippen molar-refractivity contribution in [3.8, 4) is 0 Å². The van der Waals surface area contributed by atoms with E-state index in [0.717, 1.165) is 22.6 Å². The Balaban J connectivity index is 1.65. The Morgan fingerprint density at radius 1 is 1.25 bits per heavy atom. The van der Waals surface area contributed by atoms with Gasteiger partial charge in [0.1, 0.15) is 5.82 Å². The molecule has 0 bridgehead atoms. The van der Waals surface area contributed by atoms with Gasteiger partial charge in [0, 0.05) is 42.9 Å². The lowest BCUT2D eigenvalue weighted by Gasteiger charge is -2.29. The van der Waals surface area contributed by atoms with Crippen LogP contribution in [0.15, 0.2) is 30.5 Å². The van der Waals surface area contributed by atoms with E-state index in [-0.39, 0.29) is 11.7 Å². The maximum absolute atomic E-state index is 13.7. The summed E-state index contributed by atoms with van der Waals surface area (Å²) in [6.07, 6.45) is 2.51. The van der Waals surface area contributed by atoms with E-state index in [1.807, 2.05) is 17.5 Å². The summed E-state index contributed by atoms with van der Waals surface area (Å²) in [5.74, 6) is -0.509. The van der Waals surface area contributed by atoms with E-state index in [1.165, 1.54) is 6.07 Å². The molecule has 3 aromatic rings. The number of hydrogen-bond acceptors (Lipinski definition) is 3. The second kappa shape index (κ2) is 5.40. The summed E-state index contributed by atoms with van der Waals surface area (Å²) in [7, 11) is 0. The van der Waals surface area contributed by atoms with Crippen LogP contribution in [-0.4, -0.2) is 31.9 Å². The van der Waals surface area contributed by atoms with Crippen molar-refractivity contribution in [2.24, 2.45) is 0 Å². The average Bonchev–Trinajstić information content (AvgIpc) is 2.97. The van der Waals surface area contributed by atoms with Crippen molar-refractivity contribution in [3.05, 3.63) is 64.4 Å². The number of aryl methyl sites for hydroxylation is 2. The maximum atomic E-state index is 13.7. The molecule has 24 heavy (non-hydrogen) atoms. The number of fused-ring (bicyclic) bond motifs is 3. The van der Waals surface area contributed by atoms with Gasteiger partial charge in [-0.25, -0.2) is 13.9 Å². The number of carbonyl (C=O) groups is 1. The zero-order valence-corrected chi connectivity index (χ0v) is 13.6. The van der Waals surface area contributed by atoms with Gasteiger partial charge in [-0.05, 0) is 31.5 Å². The van der Waals surface area contributed by atoms with E-state index in [9.17, 15) is 9.18 Å². The molecule has 1 aliphatic heterocycles. The minimum atomic E-state index is -0.353. The molecule has 1 aromatic carbocycles. The lowest BCUT2D eigenvalue weighted by molar-refractivity contribution is 0.0732. The molecule has 2 aromatic heterocycles. The third-order valence-electron chi connectivity index (χ3n) is 4.48. The molecule has 0 saturated carbocycles. The topological polar surface area (TPSA) is 50.5 Å². The van der Waals surface area contributed by atoms with E-state index in [4.69, 9.17) is 0 Å². The van der Waals surface area contributed by atoms with E-state index in [0.29, 0.717) is 30.6 Å². The largest absolute Gasteiger partial charge is 0.334 e. The molecular formula is C18H17FN4O. The van der Waals surface area contributed by atoms with Crippen molar-refractivity contribution in [3.63, 3.8) is 0 Å². The van der Waals surface area contributed by atoms with Crippen molar-refractivity contribution >= 4 is 11.6 Å². The first-order valence-electron chi connectivity index (χ1n) is 7.91. The summed E-state index contributed by atoms with van der Waals surface area (Å²) in [5, 5.41) is 4.48. The van der Waals surface area contributed by atoms with Crippen molar-refractivity contribution in [2.45, 2.75) is 26.8 Å². The second-order valence-electron chi connectivity index (χ2n) is 6.23. The molecule has 1 aliphatic rings. The summed E-state index contributed by atoms with van der Waals surface area (Å²) in [5.41, 5.74) is 4.74. The predicted molar refractivity (Wildman–Crippen MR) is 87.3 cm³/mol. The van der Waals surface area contributed by atoms with Gasteiger partial charge < -0.3 is 4.90 Å². The van der Waals surface area contributed by atoms with Crippen LogP contribution in [0, 0.1) is 19.7 Å². The molecule has 5 nitrogen and oxygen atoms in total. The third kappa shape index (κ3) is 2.35. The molecule has 0 saturated heterocycles. The lowest BCUT2D eigenvalue weighted by atomic mass is 10.1. The van der Waals surface area contributed by atoms with Gasteiger partial charge in [0.15, 0.2) is 5.65 Å². The van der Waals surface area contributed by atoms with Crippen LogP contribution >= 0.6 is 0 Å². The molecule has 0 aliphatic carbocycles. The Labute approximate surface area is 138 Å². The fourth-order valence-electron chi connectivity index (χ4n) is 3.14. The van der Waals surface area contributed by atoms with Crippen molar-refractivity contribution < 1.29 is 9.18 Å². The van der Waals surface area contributed by atoms with Gasteiger partial charge in [0.05, 0.1) is 11.4 Å². The van der Waals surface area contributed by atoms with Crippen molar-refractivity contribution in [2.75, 3.05) is 6.54 Å². The molecular weight excluding hydrogens is 307 g/mol. The average molecular weight is 324 g/mol. The van der Waals surface area contributed by atoms with Gasteiger partial charge in [0.25, 0.3) is 5.91 Å². The molecule has 122 valence electrons. The first-order chi connectivity index (χ1) is 11.5. The molecule has 0 unspecified atom stereocenters. The van der Waals surface area contributed by atoms with Crippen molar-refractivity contribution in [1.82, 2.24) is 19.5 Å². The smallest absolute Gasteiger partial charge is 0.254 e. The van der Waals surface area contributed by atoms with Crippen LogP contribution in [0.4, 0.5) is 4.39 Å². The second-order valence-corrected chi connectivity index (χ2v) is 6.23. The number of benzene rings is 1. The highest BCUT2D eigenvalue weighted by molar-refractivity contribution is 5.94. The third-order valence-corrected chi connectivity index (χ3v) is 4.48.